The van der Waals surface area contributed by atoms with Crippen LogP contribution in [0.25, 0.3) is 0 Å². The van der Waals surface area contributed by atoms with Crippen LogP contribution in [-0.2, 0) is 0 Å². The molecule has 1 N–H and O–H groups in total. The number of piperidine rings is 1. The molecule has 2 unspecified atom stereocenters. The third-order valence-electron chi connectivity index (χ3n) is 2.91. The summed E-state index contributed by atoms with van der Waals surface area (Å²) in [5.41, 5.74) is 0.0255. The van der Waals surface area contributed by atoms with E-state index in [9.17, 15) is 4.39 Å². The van der Waals surface area contributed by atoms with E-state index in [2.05, 4.69) is 26.1 Å². The van der Waals surface area contributed by atoms with Gasteiger partial charge in [0.25, 0.3) is 0 Å². The number of hydrogen-bond donors (Lipinski definition) is 1. The number of halogens is 1. The predicted molar refractivity (Wildman–Crippen MR) is 45.4 cm³/mol. The molecule has 11 heavy (non-hydrogen) atoms. The summed E-state index contributed by atoms with van der Waals surface area (Å²) in [6.07, 6.45) is 0.760. The molecule has 1 nitrogen and oxygen atoms in total. The van der Waals surface area contributed by atoms with Crippen molar-refractivity contribution < 1.29 is 4.39 Å². The van der Waals surface area contributed by atoms with Crippen LogP contribution in [0.2, 0.25) is 0 Å². The summed E-state index contributed by atoms with van der Waals surface area (Å²) in [5, 5.41) is 3.39. The Morgan fingerprint density at radius 2 is 2.18 bits per heavy atom. The summed E-state index contributed by atoms with van der Waals surface area (Å²) in [6.45, 7) is 7.23. The van der Waals surface area contributed by atoms with Crippen LogP contribution < -0.4 is 5.32 Å². The van der Waals surface area contributed by atoms with E-state index in [-0.39, 0.29) is 5.54 Å². The van der Waals surface area contributed by atoms with Gasteiger partial charge in [-0.25, -0.2) is 4.39 Å². The van der Waals surface area contributed by atoms with Crippen LogP contribution in [0.5, 0.6) is 0 Å². The zero-order valence-electron chi connectivity index (χ0n) is 7.65. The maximum atomic E-state index is 13.0. The first kappa shape index (κ1) is 8.98. The average Bonchev–Trinajstić information content (AvgIpc) is 1.86. The molecule has 0 saturated carbocycles. The van der Waals surface area contributed by atoms with Gasteiger partial charge in [0.1, 0.15) is 6.17 Å². The highest BCUT2D eigenvalue weighted by atomic mass is 19.1. The molecule has 2 heteroatoms. The summed E-state index contributed by atoms with van der Waals surface area (Å²) in [6, 6.07) is 0. The topological polar surface area (TPSA) is 12.0 Å². The monoisotopic (exact) mass is 159 g/mol. The molecule has 0 amide bonds. The molecule has 1 fully saturated rings. The smallest absolute Gasteiger partial charge is 0.103 e. The van der Waals surface area contributed by atoms with Crippen molar-refractivity contribution in [2.75, 3.05) is 6.54 Å². The summed E-state index contributed by atoms with van der Waals surface area (Å²) >= 11 is 0. The van der Waals surface area contributed by atoms with Gasteiger partial charge in [0.05, 0.1) is 0 Å². The van der Waals surface area contributed by atoms with Crippen molar-refractivity contribution in [3.05, 3.63) is 0 Å². The Balaban J connectivity index is 2.55. The van der Waals surface area contributed by atoms with E-state index in [0.29, 0.717) is 18.8 Å². The van der Waals surface area contributed by atoms with Crippen LogP contribution in [0.3, 0.4) is 0 Å². The van der Waals surface area contributed by atoms with Crippen LogP contribution in [0.4, 0.5) is 4.39 Å². The first-order valence-electron chi connectivity index (χ1n) is 4.44. The molecule has 0 bridgehead atoms. The van der Waals surface area contributed by atoms with E-state index in [0.717, 1.165) is 6.54 Å². The molecule has 1 aliphatic rings. The van der Waals surface area contributed by atoms with Gasteiger partial charge in [-0.2, -0.15) is 0 Å². The summed E-state index contributed by atoms with van der Waals surface area (Å²) < 4.78 is 13.0. The van der Waals surface area contributed by atoms with E-state index in [4.69, 9.17) is 0 Å². The molecule has 2 atom stereocenters. The Labute approximate surface area is 68.4 Å². The van der Waals surface area contributed by atoms with Gasteiger partial charge in [-0.1, -0.05) is 13.8 Å². The maximum absolute atomic E-state index is 13.0. The second-order valence-electron chi connectivity index (χ2n) is 4.09. The fraction of sp³-hybridized carbons (Fsp3) is 1.00. The van der Waals surface area contributed by atoms with Crippen LogP contribution in [0.1, 0.15) is 33.6 Å². The highest BCUT2D eigenvalue weighted by Crippen LogP contribution is 2.27. The fourth-order valence-electron chi connectivity index (χ4n) is 1.59. The van der Waals surface area contributed by atoms with Crippen molar-refractivity contribution in [3.63, 3.8) is 0 Å². The van der Waals surface area contributed by atoms with Crippen LogP contribution >= 0.6 is 0 Å². The van der Waals surface area contributed by atoms with Crippen molar-refractivity contribution in [2.45, 2.75) is 45.3 Å². The maximum Gasteiger partial charge on any atom is 0.103 e. The average molecular weight is 159 g/mol. The lowest BCUT2D eigenvalue weighted by Gasteiger charge is -2.40. The minimum Gasteiger partial charge on any atom is -0.311 e. The van der Waals surface area contributed by atoms with Gasteiger partial charge in [0, 0.05) is 5.54 Å². The molecular weight excluding hydrogens is 141 g/mol. The molecule has 66 valence electrons. The largest absolute Gasteiger partial charge is 0.311 e. The van der Waals surface area contributed by atoms with E-state index in [1.165, 1.54) is 0 Å². The Kier molecular flexibility index (Phi) is 2.53. The summed E-state index contributed by atoms with van der Waals surface area (Å²) in [4.78, 5) is 0. The van der Waals surface area contributed by atoms with Gasteiger partial charge in [-0.05, 0) is 32.2 Å². The van der Waals surface area contributed by atoms with Crippen molar-refractivity contribution in [1.82, 2.24) is 5.32 Å². The normalized spacial score (nSPS) is 39.5. The Hall–Kier alpha value is -0.110. The number of rotatable bonds is 1. The first-order valence-corrected chi connectivity index (χ1v) is 4.44. The molecule has 1 rings (SSSR count). The van der Waals surface area contributed by atoms with E-state index < -0.39 is 6.17 Å². The van der Waals surface area contributed by atoms with Crippen molar-refractivity contribution in [3.8, 4) is 0 Å². The molecule has 0 aromatic rings. The Bertz CT molecular complexity index is 136. The van der Waals surface area contributed by atoms with Crippen molar-refractivity contribution >= 4 is 0 Å². The van der Waals surface area contributed by atoms with Crippen LogP contribution in [0, 0.1) is 5.92 Å². The molecular formula is C9H18FN. The second-order valence-corrected chi connectivity index (χ2v) is 4.09. The minimum atomic E-state index is -0.594. The lowest BCUT2D eigenvalue weighted by Crippen LogP contribution is -2.52. The predicted octanol–water partition coefficient (Wildman–Crippen LogP) is 2.12. The summed E-state index contributed by atoms with van der Waals surface area (Å²) in [7, 11) is 0. The van der Waals surface area contributed by atoms with Gasteiger partial charge >= 0.3 is 0 Å². The second kappa shape index (κ2) is 3.10. The molecule has 1 aliphatic heterocycles. The SMILES string of the molecule is CC(C)C1(C)CC(F)CCN1. The van der Waals surface area contributed by atoms with Crippen molar-refractivity contribution in [1.29, 1.82) is 0 Å². The van der Waals surface area contributed by atoms with E-state index in [1.54, 1.807) is 0 Å². The van der Waals surface area contributed by atoms with Crippen molar-refractivity contribution in [2.24, 2.45) is 5.92 Å². The lowest BCUT2D eigenvalue weighted by molar-refractivity contribution is 0.127. The summed E-state index contributed by atoms with van der Waals surface area (Å²) in [5.74, 6) is 0.515. The van der Waals surface area contributed by atoms with Gasteiger partial charge in [-0.3, -0.25) is 0 Å². The van der Waals surface area contributed by atoms with Crippen LogP contribution in [-0.4, -0.2) is 18.3 Å². The van der Waals surface area contributed by atoms with Crippen LogP contribution in [0.15, 0.2) is 0 Å². The zero-order chi connectivity index (χ0) is 8.48. The number of nitrogens with one attached hydrogen (secondary N) is 1. The third-order valence-corrected chi connectivity index (χ3v) is 2.91. The molecule has 0 aromatic heterocycles. The Morgan fingerprint density at radius 3 is 2.55 bits per heavy atom. The van der Waals surface area contributed by atoms with E-state index >= 15 is 0 Å². The van der Waals surface area contributed by atoms with Gasteiger partial charge < -0.3 is 5.32 Å². The van der Waals surface area contributed by atoms with Gasteiger partial charge in [-0.15, -0.1) is 0 Å². The molecule has 0 radical (unpaired) electrons. The molecule has 0 aromatic carbocycles. The molecule has 1 saturated heterocycles. The third kappa shape index (κ3) is 1.92. The number of hydrogen-bond acceptors (Lipinski definition) is 1. The lowest BCUT2D eigenvalue weighted by atomic mass is 9.80. The fourth-order valence-corrected chi connectivity index (χ4v) is 1.59. The minimum absolute atomic E-state index is 0.0255. The standard InChI is InChI=1S/C9H18FN/c1-7(2)9(3)6-8(10)4-5-11-9/h7-8,11H,4-6H2,1-3H3. The molecule has 0 aliphatic carbocycles. The number of alkyl halides is 1. The highest BCUT2D eigenvalue weighted by Gasteiger charge is 2.34. The zero-order valence-corrected chi connectivity index (χ0v) is 7.65. The first-order chi connectivity index (χ1) is 5.04. The van der Waals surface area contributed by atoms with E-state index in [1.807, 2.05) is 0 Å². The quantitative estimate of drug-likeness (QED) is 0.618. The van der Waals surface area contributed by atoms with Gasteiger partial charge in [0.15, 0.2) is 0 Å². The molecule has 0 spiro atoms. The highest BCUT2D eigenvalue weighted by molar-refractivity contribution is 4.92. The van der Waals surface area contributed by atoms with Gasteiger partial charge in [0.2, 0.25) is 0 Å². The molecule has 1 heterocycles. The Morgan fingerprint density at radius 1 is 1.55 bits per heavy atom.